The lowest BCUT2D eigenvalue weighted by Gasteiger charge is -2.09. The Kier molecular flexibility index (Phi) is 3.76. The number of aliphatic hydroxyl groups is 1. The zero-order chi connectivity index (χ0) is 12.4. The molecule has 90 valence electrons. The van der Waals surface area contributed by atoms with E-state index in [2.05, 4.69) is 0 Å². The highest BCUT2D eigenvalue weighted by atomic mass is 35.5. The number of aliphatic hydroxyl groups excluding tert-OH is 1. The summed E-state index contributed by atoms with van der Waals surface area (Å²) in [6.07, 6.45) is -0.643. The number of halogens is 3. The van der Waals surface area contributed by atoms with Gasteiger partial charge in [0.05, 0.1) is 10.4 Å². The van der Waals surface area contributed by atoms with E-state index in [1.165, 1.54) is 11.3 Å². The molecule has 1 atom stereocenters. The van der Waals surface area contributed by atoms with Gasteiger partial charge in [0.15, 0.2) is 0 Å². The molecule has 1 unspecified atom stereocenters. The molecule has 0 aliphatic heterocycles. The van der Waals surface area contributed by atoms with Gasteiger partial charge in [-0.2, -0.15) is 0 Å². The van der Waals surface area contributed by atoms with Gasteiger partial charge in [0.2, 0.25) is 0 Å². The molecule has 1 heterocycles. The van der Waals surface area contributed by atoms with Crippen molar-refractivity contribution < 1.29 is 13.9 Å². The Hall–Kier alpha value is -0.970. The van der Waals surface area contributed by atoms with Gasteiger partial charge in [-0.3, -0.25) is 0 Å². The lowest BCUT2D eigenvalue weighted by atomic mass is 10.1. The molecular formula is C12H9ClF2OS. The van der Waals surface area contributed by atoms with Crippen molar-refractivity contribution in [3.63, 3.8) is 0 Å². The van der Waals surface area contributed by atoms with E-state index in [1.807, 2.05) is 0 Å². The number of thiophene rings is 1. The third-order valence-corrected chi connectivity index (χ3v) is 3.55. The van der Waals surface area contributed by atoms with Crippen molar-refractivity contribution in [1.82, 2.24) is 0 Å². The van der Waals surface area contributed by atoms with Crippen molar-refractivity contribution in [2.75, 3.05) is 0 Å². The van der Waals surface area contributed by atoms with Crippen LogP contribution in [-0.4, -0.2) is 5.11 Å². The van der Waals surface area contributed by atoms with Crippen molar-refractivity contribution in [3.05, 3.63) is 56.7 Å². The first kappa shape index (κ1) is 12.5. The smallest absolute Gasteiger partial charge is 0.126 e. The number of rotatable bonds is 3. The van der Waals surface area contributed by atoms with E-state index < -0.39 is 17.7 Å². The van der Waals surface area contributed by atoms with Crippen molar-refractivity contribution in [1.29, 1.82) is 0 Å². The van der Waals surface area contributed by atoms with Gasteiger partial charge in [0.1, 0.15) is 11.6 Å². The van der Waals surface area contributed by atoms with Crippen molar-refractivity contribution in [3.8, 4) is 0 Å². The lowest BCUT2D eigenvalue weighted by molar-refractivity contribution is 0.178. The Morgan fingerprint density at radius 2 is 1.82 bits per heavy atom. The maximum absolute atomic E-state index is 13.0. The molecular weight excluding hydrogens is 266 g/mol. The second-order valence-electron chi connectivity index (χ2n) is 3.63. The highest BCUT2D eigenvalue weighted by molar-refractivity contribution is 7.16. The molecule has 1 aromatic heterocycles. The average Bonchev–Trinajstić information content (AvgIpc) is 2.62. The standard InChI is InChI=1S/C12H9ClF2OS/c13-12-2-1-10(17-12)6-11(16)7-3-8(14)5-9(15)4-7/h1-5,11,16H,6H2. The Morgan fingerprint density at radius 1 is 1.18 bits per heavy atom. The summed E-state index contributed by atoms with van der Waals surface area (Å²) in [4.78, 5) is 0.868. The molecule has 0 aliphatic rings. The van der Waals surface area contributed by atoms with Crippen LogP contribution >= 0.6 is 22.9 Å². The van der Waals surface area contributed by atoms with Crippen molar-refractivity contribution in [2.24, 2.45) is 0 Å². The predicted octanol–water partition coefficient (Wildman–Crippen LogP) is 3.96. The Morgan fingerprint density at radius 3 is 2.35 bits per heavy atom. The van der Waals surface area contributed by atoms with E-state index >= 15 is 0 Å². The van der Waals surface area contributed by atoms with Gasteiger partial charge in [0, 0.05) is 17.4 Å². The highest BCUT2D eigenvalue weighted by Gasteiger charge is 2.12. The van der Waals surface area contributed by atoms with E-state index in [4.69, 9.17) is 11.6 Å². The molecule has 0 radical (unpaired) electrons. The number of hydrogen-bond acceptors (Lipinski definition) is 2. The van der Waals surface area contributed by atoms with Crippen LogP contribution in [-0.2, 0) is 6.42 Å². The van der Waals surface area contributed by atoms with Gasteiger partial charge in [-0.15, -0.1) is 11.3 Å². The first-order chi connectivity index (χ1) is 8.04. The fraction of sp³-hybridized carbons (Fsp3) is 0.167. The summed E-state index contributed by atoms with van der Waals surface area (Å²) in [7, 11) is 0. The average molecular weight is 275 g/mol. The minimum Gasteiger partial charge on any atom is -0.388 e. The van der Waals surface area contributed by atoms with E-state index in [9.17, 15) is 13.9 Å². The monoisotopic (exact) mass is 274 g/mol. The maximum Gasteiger partial charge on any atom is 0.126 e. The topological polar surface area (TPSA) is 20.2 Å². The van der Waals surface area contributed by atoms with Crippen LogP contribution in [0.1, 0.15) is 16.5 Å². The molecule has 0 aliphatic carbocycles. The number of hydrogen-bond donors (Lipinski definition) is 1. The molecule has 0 amide bonds. The highest BCUT2D eigenvalue weighted by Crippen LogP contribution is 2.27. The summed E-state index contributed by atoms with van der Waals surface area (Å²) in [5.74, 6) is -1.38. The van der Waals surface area contributed by atoms with E-state index in [0.717, 1.165) is 23.1 Å². The van der Waals surface area contributed by atoms with Crippen molar-refractivity contribution in [2.45, 2.75) is 12.5 Å². The van der Waals surface area contributed by atoms with Crippen molar-refractivity contribution >= 4 is 22.9 Å². The molecule has 1 aromatic carbocycles. The summed E-state index contributed by atoms with van der Waals surface area (Å²) in [5.41, 5.74) is 0.229. The lowest BCUT2D eigenvalue weighted by Crippen LogP contribution is -2.01. The SMILES string of the molecule is OC(Cc1ccc(Cl)s1)c1cc(F)cc(F)c1. The maximum atomic E-state index is 13.0. The largest absolute Gasteiger partial charge is 0.388 e. The summed E-state index contributed by atoms with van der Waals surface area (Å²) in [6.45, 7) is 0. The fourth-order valence-electron chi connectivity index (χ4n) is 1.54. The zero-order valence-corrected chi connectivity index (χ0v) is 10.2. The van der Waals surface area contributed by atoms with Crippen LogP contribution in [0.5, 0.6) is 0 Å². The van der Waals surface area contributed by atoms with Crippen LogP contribution in [0.2, 0.25) is 4.34 Å². The molecule has 5 heteroatoms. The minimum absolute atomic E-state index is 0.229. The molecule has 2 aromatic rings. The third-order valence-electron chi connectivity index (χ3n) is 2.29. The van der Waals surface area contributed by atoms with Crippen LogP contribution < -0.4 is 0 Å². The van der Waals surface area contributed by atoms with Gasteiger partial charge in [-0.05, 0) is 29.8 Å². The Labute approximate surface area is 106 Å². The minimum atomic E-state index is -0.935. The zero-order valence-electron chi connectivity index (χ0n) is 8.66. The molecule has 0 bridgehead atoms. The number of benzene rings is 1. The second kappa shape index (κ2) is 5.12. The van der Waals surface area contributed by atoms with E-state index in [1.54, 1.807) is 12.1 Å². The summed E-state index contributed by atoms with van der Waals surface area (Å²) in [6, 6.07) is 6.54. The van der Waals surface area contributed by atoms with Crippen LogP contribution in [0.15, 0.2) is 30.3 Å². The normalized spacial score (nSPS) is 12.7. The molecule has 0 fully saturated rings. The molecule has 17 heavy (non-hydrogen) atoms. The second-order valence-corrected chi connectivity index (χ2v) is 5.43. The fourth-order valence-corrected chi connectivity index (χ4v) is 2.66. The molecule has 0 saturated heterocycles. The van der Waals surface area contributed by atoms with Gasteiger partial charge in [-0.1, -0.05) is 11.6 Å². The van der Waals surface area contributed by atoms with Gasteiger partial charge in [-0.25, -0.2) is 8.78 Å². The van der Waals surface area contributed by atoms with Crippen LogP contribution in [0.3, 0.4) is 0 Å². The first-order valence-corrected chi connectivity index (χ1v) is 6.12. The molecule has 0 spiro atoms. The van der Waals surface area contributed by atoms with Crippen LogP contribution in [0, 0.1) is 11.6 Å². The summed E-state index contributed by atoms with van der Waals surface area (Å²) in [5, 5.41) is 9.86. The van der Waals surface area contributed by atoms with Gasteiger partial charge >= 0.3 is 0 Å². The molecule has 1 N–H and O–H groups in total. The Balaban J connectivity index is 2.16. The van der Waals surface area contributed by atoms with Crippen LogP contribution in [0.4, 0.5) is 8.78 Å². The summed E-state index contributed by atoms with van der Waals surface area (Å²) < 4.78 is 26.5. The van der Waals surface area contributed by atoms with Gasteiger partial charge in [0.25, 0.3) is 0 Å². The van der Waals surface area contributed by atoms with Gasteiger partial charge < -0.3 is 5.11 Å². The Bertz CT molecular complexity index is 507. The molecule has 0 saturated carbocycles. The summed E-state index contributed by atoms with van der Waals surface area (Å²) >= 11 is 7.09. The molecule has 1 nitrogen and oxygen atoms in total. The van der Waals surface area contributed by atoms with E-state index in [-0.39, 0.29) is 5.56 Å². The third kappa shape index (κ3) is 3.25. The molecule has 2 rings (SSSR count). The first-order valence-electron chi connectivity index (χ1n) is 4.93. The quantitative estimate of drug-likeness (QED) is 0.898. The van der Waals surface area contributed by atoms with E-state index in [0.29, 0.717) is 10.8 Å². The van der Waals surface area contributed by atoms with Crippen LogP contribution in [0.25, 0.3) is 0 Å². The predicted molar refractivity (Wildman–Crippen MR) is 64.4 cm³/mol.